The van der Waals surface area contributed by atoms with Crippen molar-refractivity contribution in [3.63, 3.8) is 0 Å². The van der Waals surface area contributed by atoms with Crippen LogP contribution in [0.5, 0.6) is 11.5 Å². The minimum atomic E-state index is -0.0910. The SMILES string of the molecule is COc1ccc(C(=O)c2cc(C)c(Cl)cc2C)c(OC)c1. The molecule has 0 aliphatic rings. The van der Waals surface area contributed by atoms with Crippen LogP contribution in [0.15, 0.2) is 30.3 Å². The normalized spacial score (nSPS) is 10.3. The standard InChI is InChI=1S/C17H17ClO3/c1-10-8-15(18)11(2)7-14(10)17(19)13-6-5-12(20-3)9-16(13)21-4/h5-9H,1-4H3. The van der Waals surface area contributed by atoms with Crippen molar-refractivity contribution in [3.05, 3.63) is 57.6 Å². The lowest BCUT2D eigenvalue weighted by molar-refractivity contribution is 0.103. The summed E-state index contributed by atoms with van der Waals surface area (Å²) in [6.07, 6.45) is 0. The number of benzene rings is 2. The van der Waals surface area contributed by atoms with Gasteiger partial charge in [-0.3, -0.25) is 4.79 Å². The van der Waals surface area contributed by atoms with Crippen molar-refractivity contribution in [2.75, 3.05) is 14.2 Å². The Morgan fingerprint density at radius 2 is 1.67 bits per heavy atom. The first-order chi connectivity index (χ1) is 9.97. The Balaban J connectivity index is 2.52. The molecular formula is C17H17ClO3. The molecular weight excluding hydrogens is 288 g/mol. The maximum atomic E-state index is 12.7. The summed E-state index contributed by atoms with van der Waals surface area (Å²) in [7, 11) is 3.11. The Hall–Kier alpha value is -2.00. The average molecular weight is 305 g/mol. The molecule has 0 bridgehead atoms. The van der Waals surface area contributed by atoms with E-state index >= 15 is 0 Å². The zero-order valence-electron chi connectivity index (χ0n) is 12.5. The summed E-state index contributed by atoms with van der Waals surface area (Å²) in [5.41, 5.74) is 2.84. The van der Waals surface area contributed by atoms with Crippen LogP contribution in [0.2, 0.25) is 5.02 Å². The molecule has 0 saturated heterocycles. The van der Waals surface area contributed by atoms with Crippen molar-refractivity contribution >= 4 is 17.4 Å². The number of carbonyl (C=O) groups is 1. The molecule has 0 atom stereocenters. The molecule has 0 aromatic heterocycles. The Labute approximate surface area is 129 Å². The molecule has 3 nitrogen and oxygen atoms in total. The maximum absolute atomic E-state index is 12.7. The smallest absolute Gasteiger partial charge is 0.197 e. The number of hydrogen-bond acceptors (Lipinski definition) is 3. The van der Waals surface area contributed by atoms with Crippen LogP contribution in [0.25, 0.3) is 0 Å². The van der Waals surface area contributed by atoms with E-state index in [0.29, 0.717) is 27.6 Å². The molecule has 0 unspecified atom stereocenters. The van der Waals surface area contributed by atoms with Crippen LogP contribution >= 0.6 is 11.6 Å². The Morgan fingerprint density at radius 3 is 2.29 bits per heavy atom. The van der Waals surface area contributed by atoms with E-state index in [9.17, 15) is 4.79 Å². The fraction of sp³-hybridized carbons (Fsp3) is 0.235. The molecule has 0 amide bonds. The third-order valence-corrected chi connectivity index (χ3v) is 3.81. The van der Waals surface area contributed by atoms with Gasteiger partial charge in [0.2, 0.25) is 0 Å². The van der Waals surface area contributed by atoms with Crippen molar-refractivity contribution in [1.82, 2.24) is 0 Å². The van der Waals surface area contributed by atoms with E-state index < -0.39 is 0 Å². The van der Waals surface area contributed by atoms with Gasteiger partial charge in [-0.25, -0.2) is 0 Å². The zero-order valence-corrected chi connectivity index (χ0v) is 13.2. The molecule has 0 aliphatic carbocycles. The molecule has 2 aromatic rings. The van der Waals surface area contributed by atoms with Gasteiger partial charge in [-0.15, -0.1) is 0 Å². The summed E-state index contributed by atoms with van der Waals surface area (Å²) >= 11 is 6.08. The lowest BCUT2D eigenvalue weighted by Crippen LogP contribution is -2.07. The van der Waals surface area contributed by atoms with Crippen LogP contribution in [0, 0.1) is 13.8 Å². The molecule has 2 rings (SSSR count). The number of carbonyl (C=O) groups excluding carboxylic acids is 1. The molecule has 0 heterocycles. The Bertz CT molecular complexity index is 693. The molecule has 0 fully saturated rings. The van der Waals surface area contributed by atoms with E-state index in [4.69, 9.17) is 21.1 Å². The highest BCUT2D eigenvalue weighted by Crippen LogP contribution is 2.29. The summed E-state index contributed by atoms with van der Waals surface area (Å²) in [6, 6.07) is 8.77. The first kappa shape index (κ1) is 15.4. The maximum Gasteiger partial charge on any atom is 0.197 e. The predicted molar refractivity (Wildman–Crippen MR) is 83.9 cm³/mol. The monoisotopic (exact) mass is 304 g/mol. The molecule has 0 radical (unpaired) electrons. The summed E-state index contributed by atoms with van der Waals surface area (Å²) in [5, 5.41) is 0.658. The predicted octanol–water partition coefficient (Wildman–Crippen LogP) is 4.21. The number of halogens is 1. The van der Waals surface area contributed by atoms with Crippen molar-refractivity contribution in [3.8, 4) is 11.5 Å². The van der Waals surface area contributed by atoms with Gasteiger partial charge in [-0.05, 0) is 49.2 Å². The third kappa shape index (κ3) is 3.03. The van der Waals surface area contributed by atoms with Gasteiger partial charge >= 0.3 is 0 Å². The van der Waals surface area contributed by atoms with Gasteiger partial charge in [0.05, 0.1) is 19.8 Å². The van der Waals surface area contributed by atoms with E-state index in [0.717, 1.165) is 11.1 Å². The summed E-state index contributed by atoms with van der Waals surface area (Å²) in [6.45, 7) is 3.75. The number of ether oxygens (including phenoxy) is 2. The third-order valence-electron chi connectivity index (χ3n) is 3.40. The van der Waals surface area contributed by atoms with E-state index in [-0.39, 0.29) is 5.78 Å². The number of hydrogen-bond donors (Lipinski definition) is 0. The first-order valence-corrected chi connectivity index (χ1v) is 6.89. The fourth-order valence-electron chi connectivity index (χ4n) is 2.16. The van der Waals surface area contributed by atoms with E-state index in [2.05, 4.69) is 0 Å². The van der Waals surface area contributed by atoms with Crippen LogP contribution in [0.3, 0.4) is 0 Å². The van der Waals surface area contributed by atoms with Crippen LogP contribution in [0.4, 0.5) is 0 Å². The van der Waals surface area contributed by atoms with Gasteiger partial charge in [0.15, 0.2) is 5.78 Å². The fourth-order valence-corrected chi connectivity index (χ4v) is 2.37. The summed E-state index contributed by atoms with van der Waals surface area (Å²) < 4.78 is 10.4. The lowest BCUT2D eigenvalue weighted by atomic mass is 9.96. The van der Waals surface area contributed by atoms with Crippen LogP contribution in [-0.4, -0.2) is 20.0 Å². The van der Waals surface area contributed by atoms with Gasteiger partial charge in [-0.1, -0.05) is 11.6 Å². The minimum Gasteiger partial charge on any atom is -0.497 e. The number of aryl methyl sites for hydroxylation is 2. The minimum absolute atomic E-state index is 0.0910. The Kier molecular flexibility index (Phi) is 4.53. The summed E-state index contributed by atoms with van der Waals surface area (Å²) in [4.78, 5) is 12.7. The van der Waals surface area contributed by atoms with Gasteiger partial charge in [0.1, 0.15) is 11.5 Å². The molecule has 0 spiro atoms. The van der Waals surface area contributed by atoms with Gasteiger partial charge in [0, 0.05) is 16.7 Å². The van der Waals surface area contributed by atoms with E-state index in [1.165, 1.54) is 7.11 Å². The molecule has 0 aliphatic heterocycles. The quantitative estimate of drug-likeness (QED) is 0.794. The van der Waals surface area contributed by atoms with Crippen molar-refractivity contribution in [2.24, 2.45) is 0 Å². The Morgan fingerprint density at radius 1 is 0.952 bits per heavy atom. The van der Waals surface area contributed by atoms with Gasteiger partial charge in [-0.2, -0.15) is 0 Å². The molecule has 110 valence electrons. The molecule has 2 aromatic carbocycles. The number of methoxy groups -OCH3 is 2. The second-order valence-corrected chi connectivity index (χ2v) is 5.22. The van der Waals surface area contributed by atoms with Gasteiger partial charge < -0.3 is 9.47 Å². The lowest BCUT2D eigenvalue weighted by Gasteiger charge is -2.12. The van der Waals surface area contributed by atoms with Gasteiger partial charge in [0.25, 0.3) is 0 Å². The van der Waals surface area contributed by atoms with Crippen molar-refractivity contribution in [2.45, 2.75) is 13.8 Å². The highest BCUT2D eigenvalue weighted by molar-refractivity contribution is 6.31. The zero-order chi connectivity index (χ0) is 15.6. The van der Waals surface area contributed by atoms with Crippen LogP contribution in [0.1, 0.15) is 27.0 Å². The molecule has 21 heavy (non-hydrogen) atoms. The van der Waals surface area contributed by atoms with E-state index in [1.807, 2.05) is 19.9 Å². The topological polar surface area (TPSA) is 35.5 Å². The first-order valence-electron chi connectivity index (χ1n) is 6.51. The largest absolute Gasteiger partial charge is 0.497 e. The molecule has 0 saturated carbocycles. The number of ketones is 1. The van der Waals surface area contributed by atoms with Crippen LogP contribution in [-0.2, 0) is 0 Å². The summed E-state index contributed by atoms with van der Waals surface area (Å²) in [5.74, 6) is 1.05. The average Bonchev–Trinajstić information content (AvgIpc) is 2.49. The van der Waals surface area contributed by atoms with Crippen molar-refractivity contribution < 1.29 is 14.3 Å². The second kappa shape index (κ2) is 6.19. The van der Waals surface area contributed by atoms with Crippen molar-refractivity contribution in [1.29, 1.82) is 0 Å². The van der Waals surface area contributed by atoms with E-state index in [1.54, 1.807) is 31.4 Å². The highest BCUT2D eigenvalue weighted by atomic mass is 35.5. The highest BCUT2D eigenvalue weighted by Gasteiger charge is 2.18. The number of rotatable bonds is 4. The molecule has 4 heteroatoms. The molecule has 0 N–H and O–H groups in total. The van der Waals surface area contributed by atoms with Crippen LogP contribution < -0.4 is 9.47 Å². The second-order valence-electron chi connectivity index (χ2n) is 4.81.